The Labute approximate surface area is 146 Å². The molecule has 25 heavy (non-hydrogen) atoms. The van der Waals surface area contributed by atoms with Crippen LogP contribution in [0.3, 0.4) is 0 Å². The number of nitrogens with zero attached hydrogens (tertiary/aromatic N) is 4. The molecular formula is C20H19N5. The van der Waals surface area contributed by atoms with Crippen LogP contribution < -0.4 is 5.32 Å². The molecule has 0 bridgehead atoms. The number of hydrogen-bond acceptors (Lipinski definition) is 4. The van der Waals surface area contributed by atoms with Crippen molar-refractivity contribution in [1.82, 2.24) is 14.8 Å². The first-order chi connectivity index (χ1) is 12.3. The number of pyridine rings is 1. The highest BCUT2D eigenvalue weighted by atomic mass is 15.3. The zero-order valence-corrected chi connectivity index (χ0v) is 13.9. The van der Waals surface area contributed by atoms with E-state index in [2.05, 4.69) is 50.4 Å². The van der Waals surface area contributed by atoms with E-state index in [1.807, 2.05) is 18.3 Å². The van der Waals surface area contributed by atoms with Crippen LogP contribution in [-0.4, -0.2) is 14.8 Å². The summed E-state index contributed by atoms with van der Waals surface area (Å²) in [6, 6.07) is 16.4. The van der Waals surface area contributed by atoms with Crippen LogP contribution in [0, 0.1) is 11.3 Å². The maximum atomic E-state index is 8.88. The molecule has 4 rings (SSSR count). The van der Waals surface area contributed by atoms with E-state index in [9.17, 15) is 0 Å². The van der Waals surface area contributed by atoms with Crippen LogP contribution in [-0.2, 0) is 13.0 Å². The number of benzene rings is 1. The molecule has 2 aromatic heterocycles. The van der Waals surface area contributed by atoms with Gasteiger partial charge in [0, 0.05) is 17.5 Å². The fourth-order valence-corrected chi connectivity index (χ4v) is 3.39. The molecule has 1 aliphatic rings. The van der Waals surface area contributed by atoms with E-state index in [-0.39, 0.29) is 6.04 Å². The Hall–Kier alpha value is -3.13. The van der Waals surface area contributed by atoms with Gasteiger partial charge >= 0.3 is 0 Å². The number of nitriles is 1. The minimum absolute atomic E-state index is 0.216. The molecule has 0 saturated heterocycles. The molecule has 0 fully saturated rings. The summed E-state index contributed by atoms with van der Waals surface area (Å²) < 4.78 is 2.12. The molecule has 1 N–H and O–H groups in total. The van der Waals surface area contributed by atoms with Crippen molar-refractivity contribution in [2.24, 2.45) is 0 Å². The highest BCUT2D eigenvalue weighted by Crippen LogP contribution is 2.32. The van der Waals surface area contributed by atoms with Crippen molar-refractivity contribution in [3.05, 3.63) is 77.2 Å². The summed E-state index contributed by atoms with van der Waals surface area (Å²) in [4.78, 5) is 4.33. The number of anilines is 1. The second-order valence-corrected chi connectivity index (χ2v) is 6.32. The number of rotatable bonds is 4. The van der Waals surface area contributed by atoms with E-state index in [0.717, 1.165) is 31.6 Å². The van der Waals surface area contributed by atoms with Crippen molar-refractivity contribution >= 4 is 5.82 Å². The van der Waals surface area contributed by atoms with Crippen molar-refractivity contribution in [2.45, 2.75) is 31.8 Å². The molecule has 1 atom stereocenters. The van der Waals surface area contributed by atoms with Crippen LogP contribution in [0.15, 0.2) is 54.9 Å². The third kappa shape index (κ3) is 3.24. The van der Waals surface area contributed by atoms with Gasteiger partial charge in [0.2, 0.25) is 0 Å². The van der Waals surface area contributed by atoms with E-state index < -0.39 is 0 Å². The van der Waals surface area contributed by atoms with E-state index >= 15 is 0 Å². The summed E-state index contributed by atoms with van der Waals surface area (Å²) in [5, 5.41) is 17.0. The molecule has 1 aromatic carbocycles. The molecule has 5 nitrogen and oxygen atoms in total. The highest BCUT2D eigenvalue weighted by Gasteiger charge is 2.24. The van der Waals surface area contributed by atoms with Gasteiger partial charge in [-0.2, -0.15) is 10.4 Å². The predicted octanol–water partition coefficient (Wildman–Crippen LogP) is 3.69. The van der Waals surface area contributed by atoms with Gasteiger partial charge < -0.3 is 5.32 Å². The lowest BCUT2D eigenvalue weighted by molar-refractivity contribution is 0.555. The molecular weight excluding hydrogens is 310 g/mol. The fourth-order valence-electron chi connectivity index (χ4n) is 3.39. The maximum Gasteiger partial charge on any atom is 0.126 e. The summed E-state index contributed by atoms with van der Waals surface area (Å²) in [5.74, 6) is 0.799. The largest absolute Gasteiger partial charge is 0.363 e. The van der Waals surface area contributed by atoms with E-state index in [0.29, 0.717) is 5.56 Å². The Balaban J connectivity index is 1.55. The topological polar surface area (TPSA) is 66.5 Å². The minimum Gasteiger partial charge on any atom is -0.363 e. The Morgan fingerprint density at radius 1 is 1.16 bits per heavy atom. The van der Waals surface area contributed by atoms with Gasteiger partial charge in [-0.15, -0.1) is 0 Å². The Bertz CT molecular complexity index is 890. The first-order valence-corrected chi connectivity index (χ1v) is 8.54. The van der Waals surface area contributed by atoms with Gasteiger partial charge in [-0.25, -0.2) is 4.98 Å². The molecule has 1 aliphatic carbocycles. The van der Waals surface area contributed by atoms with Crippen LogP contribution in [0.1, 0.15) is 41.3 Å². The molecule has 5 heteroatoms. The third-order valence-electron chi connectivity index (χ3n) is 4.65. The fraction of sp³-hybridized carbons (Fsp3) is 0.250. The maximum absolute atomic E-state index is 8.88. The van der Waals surface area contributed by atoms with Gasteiger partial charge in [0.25, 0.3) is 0 Å². The van der Waals surface area contributed by atoms with Gasteiger partial charge in [-0.1, -0.05) is 30.3 Å². The number of hydrogen-bond donors (Lipinski definition) is 1. The Morgan fingerprint density at radius 3 is 2.80 bits per heavy atom. The average molecular weight is 329 g/mol. The minimum atomic E-state index is 0.216. The summed E-state index contributed by atoms with van der Waals surface area (Å²) in [7, 11) is 0. The van der Waals surface area contributed by atoms with E-state index in [1.165, 1.54) is 16.8 Å². The Kier molecular flexibility index (Phi) is 4.17. The van der Waals surface area contributed by atoms with Crippen molar-refractivity contribution in [3.63, 3.8) is 0 Å². The monoisotopic (exact) mass is 329 g/mol. The zero-order valence-electron chi connectivity index (χ0n) is 13.9. The second-order valence-electron chi connectivity index (χ2n) is 6.32. The lowest BCUT2D eigenvalue weighted by atomic mass is 9.93. The molecule has 0 radical (unpaired) electrons. The third-order valence-corrected chi connectivity index (χ3v) is 4.65. The lowest BCUT2D eigenvalue weighted by Gasteiger charge is -2.24. The second kappa shape index (κ2) is 6.78. The first-order valence-electron chi connectivity index (χ1n) is 8.54. The number of aromatic nitrogens is 3. The molecule has 0 saturated carbocycles. The summed E-state index contributed by atoms with van der Waals surface area (Å²) >= 11 is 0. The van der Waals surface area contributed by atoms with Gasteiger partial charge in [0.05, 0.1) is 24.3 Å². The van der Waals surface area contributed by atoms with E-state index in [1.54, 1.807) is 12.3 Å². The SMILES string of the molecule is N#Cc1ccc(N[C@H]2CCCc3c2cnn3Cc2ccccc2)nc1. The molecule has 0 spiro atoms. The predicted molar refractivity (Wildman–Crippen MR) is 96.0 cm³/mol. The average Bonchev–Trinajstić information content (AvgIpc) is 3.07. The Morgan fingerprint density at radius 2 is 2.04 bits per heavy atom. The van der Waals surface area contributed by atoms with Gasteiger partial charge in [0.15, 0.2) is 0 Å². The van der Waals surface area contributed by atoms with Crippen LogP contribution >= 0.6 is 0 Å². The van der Waals surface area contributed by atoms with Crippen molar-refractivity contribution < 1.29 is 0 Å². The molecule has 0 unspecified atom stereocenters. The van der Waals surface area contributed by atoms with Gasteiger partial charge in [-0.3, -0.25) is 4.68 Å². The normalized spacial score (nSPS) is 16.0. The molecule has 124 valence electrons. The van der Waals surface area contributed by atoms with Gasteiger partial charge in [-0.05, 0) is 37.0 Å². The van der Waals surface area contributed by atoms with Crippen LogP contribution in [0.5, 0.6) is 0 Å². The van der Waals surface area contributed by atoms with Crippen molar-refractivity contribution in [3.8, 4) is 6.07 Å². The van der Waals surface area contributed by atoms with Crippen molar-refractivity contribution in [1.29, 1.82) is 5.26 Å². The van der Waals surface area contributed by atoms with E-state index in [4.69, 9.17) is 5.26 Å². The number of nitrogens with one attached hydrogen (secondary N) is 1. The molecule has 3 aromatic rings. The van der Waals surface area contributed by atoms with Crippen LogP contribution in [0.2, 0.25) is 0 Å². The highest BCUT2D eigenvalue weighted by molar-refractivity contribution is 5.42. The smallest absolute Gasteiger partial charge is 0.126 e. The van der Waals surface area contributed by atoms with Gasteiger partial charge in [0.1, 0.15) is 11.9 Å². The zero-order chi connectivity index (χ0) is 17.1. The van der Waals surface area contributed by atoms with Crippen LogP contribution in [0.4, 0.5) is 5.82 Å². The van der Waals surface area contributed by atoms with Crippen LogP contribution in [0.25, 0.3) is 0 Å². The quantitative estimate of drug-likeness (QED) is 0.793. The standard InChI is InChI=1S/C20H19N5/c21-11-16-9-10-20(22-12-16)24-18-7-4-8-19-17(18)13-23-25(19)14-15-5-2-1-3-6-15/h1-3,5-6,9-10,12-13,18H,4,7-8,14H2,(H,22,24)/t18-/m0/s1. The summed E-state index contributed by atoms with van der Waals surface area (Å²) in [6.45, 7) is 0.804. The first kappa shape index (κ1) is 15.4. The molecule has 0 amide bonds. The molecule has 2 heterocycles. The summed E-state index contributed by atoms with van der Waals surface area (Å²) in [5.41, 5.74) is 4.40. The number of fused-ring (bicyclic) bond motifs is 1. The summed E-state index contributed by atoms with van der Waals surface area (Å²) in [6.07, 6.45) is 6.83. The lowest BCUT2D eigenvalue weighted by Crippen LogP contribution is -2.19. The molecule has 0 aliphatic heterocycles. The van der Waals surface area contributed by atoms with Crippen molar-refractivity contribution in [2.75, 3.05) is 5.32 Å².